The van der Waals surface area contributed by atoms with E-state index < -0.39 is 0 Å². The van der Waals surface area contributed by atoms with Crippen molar-refractivity contribution < 1.29 is 5.11 Å². The lowest BCUT2D eigenvalue weighted by atomic mass is 9.85. The molecule has 2 N–H and O–H groups in total. The Morgan fingerprint density at radius 2 is 2.15 bits per heavy atom. The topological polar surface area (TPSA) is 38.7 Å². The van der Waals surface area contributed by atoms with Gasteiger partial charge in [0, 0.05) is 18.1 Å². The average molecular weight is 283 g/mol. The smallest absolute Gasteiger partial charge is 0.0615 e. The molecule has 0 aromatic heterocycles. The maximum absolute atomic E-state index is 9.73. The fourth-order valence-electron chi connectivity index (χ4n) is 4.22. The van der Waals surface area contributed by atoms with Crippen LogP contribution in [0.1, 0.15) is 38.5 Å². The predicted molar refractivity (Wildman–Crippen MR) is 84.0 cm³/mol. The fraction of sp³-hybridized carbons (Fsp3) is 1.00. The standard InChI is InChI=1S/C16H33N3O/c1-17-16(13-20)9-4-6-14(16)8-11-18(2)12-15-7-5-10-19(15)3/h14-15,17,20H,4-13H2,1-3H3. The van der Waals surface area contributed by atoms with Crippen LogP contribution in [0.4, 0.5) is 0 Å². The Balaban J connectivity index is 1.76. The lowest BCUT2D eigenvalue weighted by molar-refractivity contribution is 0.118. The van der Waals surface area contributed by atoms with Gasteiger partial charge in [0.15, 0.2) is 0 Å². The molecular weight excluding hydrogens is 250 g/mol. The summed E-state index contributed by atoms with van der Waals surface area (Å²) in [5.74, 6) is 0.626. The number of nitrogens with zero attached hydrogens (tertiary/aromatic N) is 2. The molecule has 0 radical (unpaired) electrons. The summed E-state index contributed by atoms with van der Waals surface area (Å²) in [6.07, 6.45) is 7.54. The van der Waals surface area contributed by atoms with Crippen LogP contribution in [0.3, 0.4) is 0 Å². The van der Waals surface area contributed by atoms with Crippen LogP contribution in [-0.2, 0) is 0 Å². The second-order valence-electron chi connectivity index (χ2n) is 6.98. The highest BCUT2D eigenvalue weighted by Crippen LogP contribution is 2.37. The van der Waals surface area contributed by atoms with Crippen molar-refractivity contribution in [3.63, 3.8) is 0 Å². The predicted octanol–water partition coefficient (Wildman–Crippen LogP) is 1.15. The number of hydrogen-bond donors (Lipinski definition) is 2. The summed E-state index contributed by atoms with van der Waals surface area (Å²) in [4.78, 5) is 4.99. The minimum absolute atomic E-state index is 0.00894. The van der Waals surface area contributed by atoms with Crippen LogP contribution < -0.4 is 5.32 Å². The number of likely N-dealkylation sites (tertiary alicyclic amines) is 1. The Hall–Kier alpha value is -0.160. The van der Waals surface area contributed by atoms with Gasteiger partial charge >= 0.3 is 0 Å². The van der Waals surface area contributed by atoms with Crippen LogP contribution in [0.15, 0.2) is 0 Å². The zero-order valence-corrected chi connectivity index (χ0v) is 13.6. The maximum Gasteiger partial charge on any atom is 0.0615 e. The fourth-order valence-corrected chi connectivity index (χ4v) is 4.22. The van der Waals surface area contributed by atoms with E-state index in [0.29, 0.717) is 5.92 Å². The van der Waals surface area contributed by atoms with Crippen molar-refractivity contribution in [3.05, 3.63) is 0 Å². The molecule has 1 saturated heterocycles. The molecule has 1 aliphatic heterocycles. The maximum atomic E-state index is 9.73. The first-order chi connectivity index (χ1) is 9.61. The van der Waals surface area contributed by atoms with E-state index in [4.69, 9.17) is 0 Å². The molecule has 20 heavy (non-hydrogen) atoms. The molecule has 0 spiro atoms. The highest BCUT2D eigenvalue weighted by atomic mass is 16.3. The Morgan fingerprint density at radius 3 is 2.75 bits per heavy atom. The molecule has 1 saturated carbocycles. The average Bonchev–Trinajstić information content (AvgIpc) is 3.04. The van der Waals surface area contributed by atoms with Crippen LogP contribution in [0.5, 0.6) is 0 Å². The number of aliphatic hydroxyl groups excluding tert-OH is 1. The lowest BCUT2D eigenvalue weighted by Crippen LogP contribution is -2.50. The number of rotatable bonds is 7. The molecule has 3 atom stereocenters. The SMILES string of the molecule is CNC1(CO)CCCC1CCN(C)CC1CCCN1C. The van der Waals surface area contributed by atoms with Gasteiger partial charge < -0.3 is 20.2 Å². The van der Waals surface area contributed by atoms with Crippen molar-refractivity contribution in [2.75, 3.05) is 47.4 Å². The van der Waals surface area contributed by atoms with Crippen molar-refractivity contribution in [1.29, 1.82) is 0 Å². The molecule has 2 fully saturated rings. The van der Waals surface area contributed by atoms with Crippen LogP contribution in [0.2, 0.25) is 0 Å². The van der Waals surface area contributed by atoms with Crippen LogP contribution in [-0.4, -0.2) is 73.9 Å². The summed E-state index contributed by atoms with van der Waals surface area (Å²) >= 11 is 0. The van der Waals surface area contributed by atoms with Crippen molar-refractivity contribution in [2.24, 2.45) is 5.92 Å². The highest BCUT2D eigenvalue weighted by molar-refractivity contribution is 4.98. The van der Waals surface area contributed by atoms with E-state index in [2.05, 4.69) is 29.2 Å². The minimum atomic E-state index is -0.00894. The van der Waals surface area contributed by atoms with E-state index in [0.717, 1.165) is 19.0 Å². The second kappa shape index (κ2) is 7.21. The quantitative estimate of drug-likeness (QED) is 0.735. The van der Waals surface area contributed by atoms with Gasteiger partial charge in [-0.1, -0.05) is 6.42 Å². The normalized spacial score (nSPS) is 35.2. The monoisotopic (exact) mass is 283 g/mol. The molecule has 4 nitrogen and oxygen atoms in total. The first-order valence-corrected chi connectivity index (χ1v) is 8.30. The van der Waals surface area contributed by atoms with Gasteiger partial charge in [0.1, 0.15) is 0 Å². The van der Waals surface area contributed by atoms with Gasteiger partial charge in [-0.2, -0.15) is 0 Å². The van der Waals surface area contributed by atoms with Gasteiger partial charge in [0.05, 0.1) is 6.61 Å². The number of nitrogens with one attached hydrogen (secondary N) is 1. The van der Waals surface area contributed by atoms with Crippen molar-refractivity contribution in [2.45, 2.75) is 50.1 Å². The zero-order valence-electron chi connectivity index (χ0n) is 13.6. The first kappa shape index (κ1) is 16.2. The molecule has 0 aromatic carbocycles. The Labute approximate surface area is 124 Å². The molecule has 3 unspecified atom stereocenters. The van der Waals surface area contributed by atoms with E-state index >= 15 is 0 Å². The minimum Gasteiger partial charge on any atom is -0.394 e. The van der Waals surface area contributed by atoms with Crippen LogP contribution >= 0.6 is 0 Å². The van der Waals surface area contributed by atoms with E-state index in [9.17, 15) is 5.11 Å². The molecule has 2 aliphatic rings. The van der Waals surface area contributed by atoms with Crippen molar-refractivity contribution in [3.8, 4) is 0 Å². The first-order valence-electron chi connectivity index (χ1n) is 8.30. The van der Waals surface area contributed by atoms with E-state index in [-0.39, 0.29) is 12.1 Å². The highest BCUT2D eigenvalue weighted by Gasteiger charge is 2.40. The molecule has 0 aromatic rings. The second-order valence-corrected chi connectivity index (χ2v) is 6.98. The summed E-state index contributed by atoms with van der Waals surface area (Å²) in [5.41, 5.74) is -0.00894. The van der Waals surface area contributed by atoms with Gasteiger partial charge in [-0.3, -0.25) is 0 Å². The molecule has 2 rings (SSSR count). The summed E-state index contributed by atoms with van der Waals surface area (Å²) < 4.78 is 0. The van der Waals surface area contributed by atoms with Crippen LogP contribution in [0, 0.1) is 5.92 Å². The molecule has 118 valence electrons. The number of aliphatic hydroxyl groups is 1. The molecule has 0 amide bonds. The Kier molecular flexibility index (Phi) is 5.84. The van der Waals surface area contributed by atoms with Crippen molar-refractivity contribution in [1.82, 2.24) is 15.1 Å². The summed E-state index contributed by atoms with van der Waals surface area (Å²) in [7, 11) is 6.51. The third-order valence-corrected chi connectivity index (χ3v) is 5.79. The lowest BCUT2D eigenvalue weighted by Gasteiger charge is -2.35. The zero-order chi connectivity index (χ0) is 14.6. The van der Waals surface area contributed by atoms with Crippen molar-refractivity contribution >= 4 is 0 Å². The third kappa shape index (κ3) is 3.53. The van der Waals surface area contributed by atoms with Gasteiger partial charge in [-0.15, -0.1) is 0 Å². The Bertz CT molecular complexity index is 293. The molecule has 1 heterocycles. The molecule has 4 heteroatoms. The van der Waals surface area contributed by atoms with E-state index in [1.165, 1.54) is 45.2 Å². The van der Waals surface area contributed by atoms with Gasteiger partial charge in [0.25, 0.3) is 0 Å². The third-order valence-electron chi connectivity index (χ3n) is 5.79. The summed E-state index contributed by atoms with van der Waals surface area (Å²) in [6, 6.07) is 0.746. The van der Waals surface area contributed by atoms with E-state index in [1.54, 1.807) is 0 Å². The molecule has 1 aliphatic carbocycles. The summed E-state index contributed by atoms with van der Waals surface area (Å²) in [5, 5.41) is 13.1. The largest absolute Gasteiger partial charge is 0.394 e. The van der Waals surface area contributed by atoms with Crippen LogP contribution in [0.25, 0.3) is 0 Å². The number of hydrogen-bond acceptors (Lipinski definition) is 4. The molecular formula is C16H33N3O. The molecule has 0 bridgehead atoms. The Morgan fingerprint density at radius 1 is 1.35 bits per heavy atom. The van der Waals surface area contributed by atoms with Gasteiger partial charge in [-0.05, 0) is 72.3 Å². The number of likely N-dealkylation sites (N-methyl/N-ethyl adjacent to an activating group) is 3. The van der Waals surface area contributed by atoms with E-state index in [1.807, 2.05) is 7.05 Å². The summed E-state index contributed by atoms with van der Waals surface area (Å²) in [6.45, 7) is 3.88. The van der Waals surface area contributed by atoms with Gasteiger partial charge in [0.2, 0.25) is 0 Å². The van der Waals surface area contributed by atoms with Gasteiger partial charge in [-0.25, -0.2) is 0 Å².